The molecule has 3 rings (SSSR count). The molecular weight excluding hydrogens is 404 g/mol. The van der Waals surface area contributed by atoms with Crippen LogP contribution in [0.1, 0.15) is 0 Å². The minimum absolute atomic E-state index is 1.12. The van der Waals surface area contributed by atoms with Gasteiger partial charge in [-0.3, -0.25) is 11.7 Å². The molecule has 0 fully saturated rings. The average Bonchev–Trinajstić information content (AvgIpc) is 2.73. The number of benzene rings is 3. The quantitative estimate of drug-likeness (QED) is 0.358. The highest BCUT2D eigenvalue weighted by molar-refractivity contribution is 8.13. The summed E-state index contributed by atoms with van der Waals surface area (Å²) in [6.07, 6.45) is 0. The molecule has 3 aromatic carbocycles. The molecule has 0 aliphatic rings. The Kier molecular flexibility index (Phi) is 6.64. The van der Waals surface area contributed by atoms with Crippen molar-refractivity contribution in [3.63, 3.8) is 0 Å². The van der Waals surface area contributed by atoms with Crippen molar-refractivity contribution >= 4 is 41.3 Å². The van der Waals surface area contributed by atoms with Crippen LogP contribution in [-0.4, -0.2) is 23.7 Å². The summed E-state index contributed by atoms with van der Waals surface area (Å²) in [5, 5.41) is 3.35. The Bertz CT molecular complexity index is 893. The van der Waals surface area contributed by atoms with Crippen molar-refractivity contribution < 1.29 is 0 Å². The second-order valence-electron chi connectivity index (χ2n) is 6.39. The van der Waals surface area contributed by atoms with E-state index in [9.17, 15) is 0 Å². The fourth-order valence-corrected chi connectivity index (χ4v) is 10.8. The van der Waals surface area contributed by atoms with Gasteiger partial charge in [0.25, 0.3) is 0 Å². The van der Waals surface area contributed by atoms with Crippen LogP contribution in [0, 0.1) is 0 Å². The lowest BCUT2D eigenvalue weighted by molar-refractivity contribution is 0.490. The maximum absolute atomic E-state index is 6.19. The Hall–Kier alpha value is -1.62. The van der Waals surface area contributed by atoms with Crippen molar-refractivity contribution in [2.75, 3.05) is 14.1 Å². The SMILES string of the molecule is CN(N)P(=S)(N=P(c1ccccc1)(c1ccccc1)c1ccccc1)N(C)N. The molecule has 4 N–H and O–H groups in total. The van der Waals surface area contributed by atoms with Crippen LogP contribution in [0.3, 0.4) is 0 Å². The molecule has 0 unspecified atom stereocenters. The number of nitrogens with zero attached hydrogens (tertiary/aromatic N) is 3. The van der Waals surface area contributed by atoms with Crippen molar-refractivity contribution in [1.82, 2.24) is 9.56 Å². The molecule has 0 aliphatic heterocycles. The van der Waals surface area contributed by atoms with E-state index in [1.54, 1.807) is 14.1 Å². The van der Waals surface area contributed by atoms with Gasteiger partial charge in [-0.15, -0.1) is 0 Å². The minimum atomic E-state index is -2.75. The van der Waals surface area contributed by atoms with Crippen LogP contribution in [0.2, 0.25) is 0 Å². The summed E-state index contributed by atoms with van der Waals surface area (Å²) in [4.78, 5) is 0. The van der Waals surface area contributed by atoms with Gasteiger partial charge in [-0.1, -0.05) is 91.0 Å². The molecule has 28 heavy (non-hydrogen) atoms. The lowest BCUT2D eigenvalue weighted by atomic mass is 10.4. The Morgan fingerprint density at radius 3 is 1.18 bits per heavy atom. The van der Waals surface area contributed by atoms with E-state index in [2.05, 4.69) is 36.4 Å². The summed E-state index contributed by atoms with van der Waals surface area (Å²) in [7, 11) is 1.02. The number of hydrogen-bond acceptors (Lipinski definition) is 3. The van der Waals surface area contributed by atoms with E-state index in [0.29, 0.717) is 0 Å². The number of rotatable bonds is 6. The molecule has 0 saturated heterocycles. The van der Waals surface area contributed by atoms with E-state index in [0.717, 1.165) is 15.9 Å². The van der Waals surface area contributed by atoms with Gasteiger partial charge in [-0.05, 0) is 11.8 Å². The fraction of sp³-hybridized carbons (Fsp3) is 0.100. The van der Waals surface area contributed by atoms with Crippen molar-refractivity contribution in [2.45, 2.75) is 0 Å². The molecular formula is C20H25N5P2S. The first kappa shape index (κ1) is 21.1. The standard InChI is InChI=1S/C20H25N5P2S/c1-24(21)27(28,25(2)22)23-26(18-12-6-3-7-13-18,19-14-8-4-9-15-19)20-16-10-5-11-17-20/h3-17H,21-22H2,1-2H3. The molecule has 0 saturated carbocycles. The molecule has 0 radical (unpaired) electrons. The highest BCUT2D eigenvalue weighted by Crippen LogP contribution is 2.61. The van der Waals surface area contributed by atoms with Gasteiger partial charge in [0.2, 0.25) is 6.49 Å². The zero-order chi connectivity index (χ0) is 20.2. The molecule has 0 aromatic heterocycles. The first-order valence-corrected chi connectivity index (χ1v) is 13.2. The van der Waals surface area contributed by atoms with E-state index in [1.165, 1.54) is 9.56 Å². The van der Waals surface area contributed by atoms with Gasteiger partial charge in [0, 0.05) is 30.0 Å². The highest BCUT2D eigenvalue weighted by atomic mass is 32.4. The Morgan fingerprint density at radius 1 is 0.643 bits per heavy atom. The highest BCUT2D eigenvalue weighted by Gasteiger charge is 2.33. The minimum Gasteiger partial charge on any atom is -0.262 e. The van der Waals surface area contributed by atoms with Gasteiger partial charge in [0.05, 0.1) is 7.05 Å². The summed E-state index contributed by atoms with van der Waals surface area (Å²) < 4.78 is 8.37. The molecule has 8 heteroatoms. The smallest absolute Gasteiger partial charge is 0.213 e. The van der Waals surface area contributed by atoms with Crippen molar-refractivity contribution in [3.05, 3.63) is 91.0 Å². The van der Waals surface area contributed by atoms with Crippen molar-refractivity contribution in [1.29, 1.82) is 0 Å². The van der Waals surface area contributed by atoms with Gasteiger partial charge in [0.1, 0.15) is 0 Å². The maximum Gasteiger partial charge on any atom is 0.213 e. The Morgan fingerprint density at radius 2 is 0.929 bits per heavy atom. The van der Waals surface area contributed by atoms with Crippen molar-refractivity contribution in [3.8, 4) is 0 Å². The van der Waals surface area contributed by atoms with E-state index in [4.69, 9.17) is 28.0 Å². The van der Waals surface area contributed by atoms with Crippen LogP contribution in [0.25, 0.3) is 0 Å². The third-order valence-electron chi connectivity index (χ3n) is 4.46. The van der Waals surface area contributed by atoms with Crippen LogP contribution in [-0.2, 0) is 11.8 Å². The number of nitrogens with two attached hydrogens (primary N) is 2. The lowest BCUT2D eigenvalue weighted by Crippen LogP contribution is -2.35. The van der Waals surface area contributed by atoms with Crippen molar-refractivity contribution in [2.24, 2.45) is 16.2 Å². The van der Waals surface area contributed by atoms with E-state index in [-0.39, 0.29) is 0 Å². The molecule has 3 aromatic rings. The number of hydrogen-bond donors (Lipinski definition) is 2. The third kappa shape index (κ3) is 3.91. The summed E-state index contributed by atoms with van der Waals surface area (Å²) >= 11 is 5.97. The molecule has 0 aliphatic carbocycles. The molecule has 146 valence electrons. The zero-order valence-corrected chi connectivity index (χ0v) is 18.6. The number of hydrazine groups is 2. The van der Waals surface area contributed by atoms with Crippen LogP contribution in [0.15, 0.2) is 95.5 Å². The first-order chi connectivity index (χ1) is 13.4. The molecule has 5 nitrogen and oxygen atoms in total. The maximum atomic E-state index is 6.19. The second kappa shape index (κ2) is 8.81. The summed E-state index contributed by atoms with van der Waals surface area (Å²) in [5.74, 6) is 12.4. The Labute approximate surface area is 172 Å². The topological polar surface area (TPSA) is 70.9 Å². The van der Waals surface area contributed by atoms with Gasteiger partial charge < -0.3 is 0 Å². The molecule has 0 bridgehead atoms. The van der Waals surface area contributed by atoms with E-state index >= 15 is 0 Å². The average molecular weight is 429 g/mol. The van der Waals surface area contributed by atoms with E-state index in [1.807, 2.05) is 54.6 Å². The van der Waals surface area contributed by atoms with E-state index < -0.39 is 13.5 Å². The van der Waals surface area contributed by atoms with Crippen LogP contribution < -0.4 is 27.6 Å². The zero-order valence-electron chi connectivity index (χ0n) is 16.0. The third-order valence-corrected chi connectivity index (χ3v) is 13.5. The largest absolute Gasteiger partial charge is 0.262 e. The molecule has 0 amide bonds. The second-order valence-corrected chi connectivity index (χ2v) is 13.7. The molecule has 0 heterocycles. The van der Waals surface area contributed by atoms with Gasteiger partial charge in [0.15, 0.2) is 0 Å². The normalized spacial score (nSPS) is 12.4. The monoisotopic (exact) mass is 429 g/mol. The summed E-state index contributed by atoms with van der Waals surface area (Å²) in [5.41, 5.74) is 0. The van der Waals surface area contributed by atoms with Crippen LogP contribution in [0.4, 0.5) is 0 Å². The van der Waals surface area contributed by atoms with Gasteiger partial charge in [-0.25, -0.2) is 4.52 Å². The first-order valence-electron chi connectivity index (χ1n) is 8.80. The predicted molar refractivity (Wildman–Crippen MR) is 126 cm³/mol. The molecule has 0 atom stereocenters. The van der Waals surface area contributed by atoms with Gasteiger partial charge in [-0.2, -0.15) is 9.56 Å². The molecule has 0 spiro atoms. The Balaban J connectivity index is 2.52. The fourth-order valence-electron chi connectivity index (χ4n) is 3.06. The lowest BCUT2D eigenvalue weighted by Gasteiger charge is -2.35. The van der Waals surface area contributed by atoms with Crippen LogP contribution in [0.5, 0.6) is 0 Å². The predicted octanol–water partition coefficient (Wildman–Crippen LogP) is 3.00. The van der Waals surface area contributed by atoms with Crippen LogP contribution >= 0.6 is 13.5 Å². The summed E-state index contributed by atoms with van der Waals surface area (Å²) in [6.45, 7) is -2.75. The summed E-state index contributed by atoms with van der Waals surface area (Å²) in [6, 6.07) is 30.9. The van der Waals surface area contributed by atoms with Gasteiger partial charge >= 0.3 is 0 Å².